The first-order valence-electron chi connectivity index (χ1n) is 10.9. The summed E-state index contributed by atoms with van der Waals surface area (Å²) in [5.41, 5.74) is 11.4. The van der Waals surface area contributed by atoms with E-state index in [0.29, 0.717) is 23.9 Å². The van der Waals surface area contributed by atoms with Crippen molar-refractivity contribution in [2.24, 2.45) is 0 Å². The Bertz CT molecular complexity index is 1170. The Morgan fingerprint density at radius 3 is 1.43 bits per heavy atom. The number of hydrogen-bond acceptors (Lipinski definition) is 2. The Morgan fingerprint density at radius 2 is 0.967 bits per heavy atom. The van der Waals surface area contributed by atoms with Crippen LogP contribution < -0.4 is 9.80 Å². The van der Waals surface area contributed by atoms with Crippen LogP contribution in [0, 0.1) is 0 Å². The molecule has 0 spiro atoms. The van der Waals surface area contributed by atoms with Gasteiger partial charge in [-0.3, -0.25) is 0 Å². The minimum atomic E-state index is 0.389. The zero-order valence-corrected chi connectivity index (χ0v) is 17.3. The second kappa shape index (κ2) is 5.66. The van der Waals surface area contributed by atoms with Crippen molar-refractivity contribution in [3.63, 3.8) is 0 Å². The van der Waals surface area contributed by atoms with Gasteiger partial charge in [-0.2, -0.15) is 0 Å². The van der Waals surface area contributed by atoms with Crippen LogP contribution in [-0.2, 0) is 0 Å². The highest BCUT2D eigenvalue weighted by atomic mass is 15.2. The lowest BCUT2D eigenvalue weighted by molar-refractivity contribution is 0.698. The largest absolute Gasteiger partial charge is 0.365 e. The summed E-state index contributed by atoms with van der Waals surface area (Å²) in [4.78, 5) is 5.05. The fraction of sp³-hybridized carbons (Fsp3) is 0.214. The number of benzene rings is 3. The van der Waals surface area contributed by atoms with E-state index in [1.165, 1.54) is 44.8 Å². The third-order valence-electron chi connectivity index (χ3n) is 7.77. The minimum absolute atomic E-state index is 0.389. The normalized spacial score (nSPS) is 26.6. The van der Waals surface area contributed by atoms with E-state index < -0.39 is 0 Å². The molecule has 2 heteroatoms. The van der Waals surface area contributed by atoms with Crippen molar-refractivity contribution in [2.75, 3.05) is 23.9 Å². The molecular weight excluding hydrogens is 364 g/mol. The SMILES string of the molecule is CN1c2c(ccc3c2N(C)C2C=Cc4ccccc4C32)C2c3ccccc3C=CC21. The molecule has 0 bridgehead atoms. The second-order valence-electron chi connectivity index (χ2n) is 9.08. The maximum atomic E-state index is 2.52. The summed E-state index contributed by atoms with van der Waals surface area (Å²) in [5.74, 6) is 0.825. The van der Waals surface area contributed by atoms with Gasteiger partial charge in [-0.25, -0.2) is 0 Å². The van der Waals surface area contributed by atoms with Gasteiger partial charge in [0.25, 0.3) is 0 Å². The van der Waals surface area contributed by atoms with E-state index in [-0.39, 0.29) is 0 Å². The molecule has 4 atom stereocenters. The predicted molar refractivity (Wildman–Crippen MR) is 125 cm³/mol. The second-order valence-corrected chi connectivity index (χ2v) is 9.08. The summed E-state index contributed by atoms with van der Waals surface area (Å²) >= 11 is 0. The lowest BCUT2D eigenvalue weighted by Crippen LogP contribution is -2.33. The topological polar surface area (TPSA) is 6.48 Å². The molecule has 0 N–H and O–H groups in total. The first-order valence-corrected chi connectivity index (χ1v) is 10.9. The summed E-state index contributed by atoms with van der Waals surface area (Å²) in [6.45, 7) is 0. The van der Waals surface area contributed by atoms with Crippen molar-refractivity contribution in [3.8, 4) is 0 Å². The van der Waals surface area contributed by atoms with Gasteiger partial charge in [-0.1, -0.05) is 85.0 Å². The van der Waals surface area contributed by atoms with Gasteiger partial charge in [0, 0.05) is 25.9 Å². The molecule has 2 aliphatic carbocycles. The van der Waals surface area contributed by atoms with E-state index in [4.69, 9.17) is 0 Å². The van der Waals surface area contributed by atoms with E-state index in [1.54, 1.807) is 0 Å². The third kappa shape index (κ3) is 1.90. The van der Waals surface area contributed by atoms with Crippen LogP contribution in [0.5, 0.6) is 0 Å². The molecule has 2 aliphatic heterocycles. The van der Waals surface area contributed by atoms with Crippen LogP contribution in [0.15, 0.2) is 72.8 Å². The molecule has 4 aliphatic rings. The fourth-order valence-corrected chi connectivity index (χ4v) is 6.45. The number of rotatable bonds is 0. The molecule has 0 aromatic heterocycles. The maximum Gasteiger partial charge on any atom is 0.0649 e. The van der Waals surface area contributed by atoms with Crippen molar-refractivity contribution >= 4 is 23.5 Å². The molecule has 0 radical (unpaired) electrons. The lowest BCUT2D eigenvalue weighted by atomic mass is 9.79. The van der Waals surface area contributed by atoms with E-state index in [9.17, 15) is 0 Å². The average molecular weight is 389 g/mol. The Balaban J connectivity index is 1.46. The van der Waals surface area contributed by atoms with Crippen molar-refractivity contribution < 1.29 is 0 Å². The number of likely N-dealkylation sites (N-methyl/N-ethyl adjacent to an activating group) is 2. The first kappa shape index (κ1) is 16.5. The number of nitrogens with zero attached hydrogens (tertiary/aromatic N) is 2. The van der Waals surface area contributed by atoms with Gasteiger partial charge in [-0.15, -0.1) is 0 Å². The molecule has 3 aromatic carbocycles. The Labute approximate surface area is 177 Å². The Kier molecular flexibility index (Phi) is 3.12. The van der Waals surface area contributed by atoms with Crippen LogP contribution in [0.25, 0.3) is 12.2 Å². The van der Waals surface area contributed by atoms with E-state index in [0.717, 1.165) is 0 Å². The first-order chi connectivity index (χ1) is 14.7. The minimum Gasteiger partial charge on any atom is -0.365 e. The van der Waals surface area contributed by atoms with Crippen molar-refractivity contribution in [1.82, 2.24) is 0 Å². The fourth-order valence-electron chi connectivity index (χ4n) is 6.45. The molecule has 0 saturated carbocycles. The predicted octanol–water partition coefficient (Wildman–Crippen LogP) is 5.64. The van der Waals surface area contributed by atoms with Crippen LogP contribution >= 0.6 is 0 Å². The van der Waals surface area contributed by atoms with Gasteiger partial charge < -0.3 is 9.80 Å². The summed E-state index contributed by atoms with van der Waals surface area (Å²) < 4.78 is 0. The molecule has 2 nitrogen and oxygen atoms in total. The van der Waals surface area contributed by atoms with Gasteiger partial charge in [0.1, 0.15) is 0 Å². The molecular formula is C28H24N2. The highest BCUT2D eigenvalue weighted by Crippen LogP contribution is 2.57. The Hall–Kier alpha value is -3.26. The average Bonchev–Trinajstić information content (AvgIpc) is 3.26. The Morgan fingerprint density at radius 1 is 0.533 bits per heavy atom. The number of anilines is 2. The molecule has 4 unspecified atom stereocenters. The quantitative estimate of drug-likeness (QED) is 0.492. The van der Waals surface area contributed by atoms with Crippen molar-refractivity contribution in [2.45, 2.75) is 23.9 Å². The van der Waals surface area contributed by atoms with E-state index >= 15 is 0 Å². The van der Waals surface area contributed by atoms with E-state index in [1.807, 2.05) is 0 Å². The molecule has 3 aromatic rings. The van der Waals surface area contributed by atoms with Crippen LogP contribution in [0.3, 0.4) is 0 Å². The molecule has 30 heavy (non-hydrogen) atoms. The van der Waals surface area contributed by atoms with Crippen LogP contribution in [0.4, 0.5) is 11.4 Å². The van der Waals surface area contributed by atoms with Gasteiger partial charge >= 0.3 is 0 Å². The van der Waals surface area contributed by atoms with Crippen molar-refractivity contribution in [1.29, 1.82) is 0 Å². The monoisotopic (exact) mass is 388 g/mol. The van der Waals surface area contributed by atoms with Crippen molar-refractivity contribution in [3.05, 3.63) is 106 Å². The zero-order chi connectivity index (χ0) is 20.0. The van der Waals surface area contributed by atoms with Crippen LogP contribution in [0.2, 0.25) is 0 Å². The number of hydrogen-bond donors (Lipinski definition) is 0. The highest BCUT2D eigenvalue weighted by molar-refractivity contribution is 5.88. The van der Waals surface area contributed by atoms with Crippen LogP contribution in [0.1, 0.15) is 45.2 Å². The molecule has 0 fully saturated rings. The van der Waals surface area contributed by atoms with Gasteiger partial charge in [0.05, 0.1) is 23.5 Å². The highest BCUT2D eigenvalue weighted by Gasteiger charge is 2.46. The summed E-state index contributed by atoms with van der Waals surface area (Å²) in [5, 5.41) is 0. The third-order valence-corrected chi connectivity index (χ3v) is 7.77. The standard InChI is InChI=1S/C28H24N2/c1-29-23-15-11-17-7-3-5-9-19(17)25(23)21-13-14-22-26-20-10-6-4-8-18(20)12-16-24(26)30(2)28(22)27(21)29/h3-16,23-26H,1-2H3. The molecule has 0 amide bonds. The molecule has 2 heterocycles. The van der Waals surface area contributed by atoms with E-state index in [2.05, 4.69) is 109 Å². The molecule has 0 saturated heterocycles. The zero-order valence-electron chi connectivity index (χ0n) is 17.3. The smallest absolute Gasteiger partial charge is 0.0649 e. The van der Waals surface area contributed by atoms with Gasteiger partial charge in [0.15, 0.2) is 0 Å². The summed E-state index contributed by atoms with van der Waals surface area (Å²) in [6.07, 6.45) is 9.41. The lowest BCUT2D eigenvalue weighted by Gasteiger charge is -2.30. The molecule has 7 rings (SSSR count). The number of fused-ring (bicyclic) bond motifs is 11. The van der Waals surface area contributed by atoms with Gasteiger partial charge in [-0.05, 0) is 33.4 Å². The van der Waals surface area contributed by atoms with Gasteiger partial charge in [0.2, 0.25) is 0 Å². The molecule has 146 valence electrons. The maximum absolute atomic E-state index is 2.52. The van der Waals surface area contributed by atoms with Crippen LogP contribution in [-0.4, -0.2) is 26.2 Å². The summed E-state index contributed by atoms with van der Waals surface area (Å²) in [7, 11) is 4.56. The summed E-state index contributed by atoms with van der Waals surface area (Å²) in [6, 6.07) is 23.4.